The van der Waals surface area contributed by atoms with Gasteiger partial charge in [-0.05, 0) is 12.8 Å². The van der Waals surface area contributed by atoms with Gasteiger partial charge in [-0.1, -0.05) is 11.3 Å². The number of hydrogen-bond donors (Lipinski definition) is 4. The van der Waals surface area contributed by atoms with Crippen LogP contribution < -0.4 is 10.1 Å². The van der Waals surface area contributed by atoms with Crippen LogP contribution >= 0.6 is 11.3 Å². The summed E-state index contributed by atoms with van der Waals surface area (Å²) >= 11 is 1.44. The average molecular weight is 330 g/mol. The summed E-state index contributed by atoms with van der Waals surface area (Å²) in [5, 5.41) is 30.9. The second-order valence-corrected chi connectivity index (χ2v) is 5.31. The molecule has 2 rings (SSSR count). The van der Waals surface area contributed by atoms with Crippen molar-refractivity contribution in [3.8, 4) is 5.19 Å². The normalized spacial score (nSPS) is 15.0. The van der Waals surface area contributed by atoms with Gasteiger partial charge in [-0.25, -0.2) is 14.6 Å². The van der Waals surface area contributed by atoms with Gasteiger partial charge in [-0.15, -0.1) is 0 Å². The van der Waals surface area contributed by atoms with E-state index in [9.17, 15) is 14.7 Å². The van der Waals surface area contributed by atoms with E-state index < -0.39 is 18.0 Å². The molecule has 1 aliphatic rings. The summed E-state index contributed by atoms with van der Waals surface area (Å²) in [6.07, 6.45) is 4.83. The average Bonchev–Trinajstić information content (AvgIpc) is 3.15. The minimum absolute atomic E-state index is 0.313. The van der Waals surface area contributed by atoms with Gasteiger partial charge in [0.05, 0.1) is 0 Å². The molecule has 1 unspecified atom stereocenters. The van der Waals surface area contributed by atoms with Crippen LogP contribution in [0.25, 0.3) is 0 Å². The van der Waals surface area contributed by atoms with E-state index in [0.29, 0.717) is 36.5 Å². The van der Waals surface area contributed by atoms with Gasteiger partial charge in [0.2, 0.25) is 0 Å². The van der Waals surface area contributed by atoms with Crippen molar-refractivity contribution in [2.45, 2.75) is 25.0 Å². The van der Waals surface area contributed by atoms with Crippen molar-refractivity contribution in [1.82, 2.24) is 10.3 Å². The maximum atomic E-state index is 9.55. The first kappa shape index (κ1) is 18.1. The summed E-state index contributed by atoms with van der Waals surface area (Å²) in [7, 11) is 0. The van der Waals surface area contributed by atoms with Crippen molar-refractivity contribution in [2.24, 2.45) is 0 Å². The number of carbonyl (C=O) groups is 2. The predicted octanol–water partition coefficient (Wildman–Crippen LogP) is 0.347. The lowest BCUT2D eigenvalue weighted by Crippen LogP contribution is -2.32. The van der Waals surface area contributed by atoms with Crippen molar-refractivity contribution in [1.29, 1.82) is 0 Å². The topological polar surface area (TPSA) is 129 Å². The van der Waals surface area contributed by atoms with Gasteiger partial charge >= 0.3 is 11.9 Å². The van der Waals surface area contributed by atoms with E-state index in [2.05, 4.69) is 10.3 Å². The molecule has 1 aliphatic carbocycles. The summed E-state index contributed by atoms with van der Waals surface area (Å²) in [5.74, 6) is -2.51. The number of aromatic nitrogens is 1. The number of hydrogen-bond acceptors (Lipinski definition) is 7. The fourth-order valence-corrected chi connectivity index (χ4v) is 1.74. The minimum Gasteiger partial charge on any atom is -0.478 e. The molecule has 4 N–H and O–H groups in total. The van der Waals surface area contributed by atoms with Crippen LogP contribution in [0.1, 0.15) is 12.8 Å². The Labute approximate surface area is 131 Å². The molecule has 8 nitrogen and oxygen atoms in total. The van der Waals surface area contributed by atoms with Crippen LogP contribution in [0.3, 0.4) is 0 Å². The second-order valence-electron chi connectivity index (χ2n) is 4.46. The van der Waals surface area contributed by atoms with Crippen molar-refractivity contribution < 1.29 is 29.6 Å². The van der Waals surface area contributed by atoms with E-state index in [1.54, 1.807) is 6.20 Å². The predicted molar refractivity (Wildman–Crippen MR) is 79.1 cm³/mol. The van der Waals surface area contributed by atoms with Crippen molar-refractivity contribution in [2.75, 3.05) is 13.2 Å². The van der Waals surface area contributed by atoms with E-state index in [1.807, 2.05) is 5.38 Å². The molecular formula is C13H18N2O6S. The molecule has 0 radical (unpaired) electrons. The Balaban J connectivity index is 0.000000261. The molecule has 0 aromatic carbocycles. The van der Waals surface area contributed by atoms with Gasteiger partial charge in [-0.3, -0.25) is 0 Å². The van der Waals surface area contributed by atoms with E-state index in [1.165, 1.54) is 24.2 Å². The van der Waals surface area contributed by atoms with Crippen LogP contribution in [0.4, 0.5) is 0 Å². The highest BCUT2D eigenvalue weighted by Crippen LogP contribution is 2.18. The van der Waals surface area contributed by atoms with Gasteiger partial charge in [-0.2, -0.15) is 0 Å². The first-order chi connectivity index (χ1) is 10.5. The number of thiazole rings is 1. The SMILES string of the molecule is O=C(O)C=CC(=O)O.OC(CNC1CC1)COc1nccs1. The molecule has 22 heavy (non-hydrogen) atoms. The standard InChI is InChI=1S/C9H14N2O2S.C4H4O4/c12-8(5-11-7-1-2-7)6-13-9-10-3-4-14-9;5-3(6)1-2-4(7)8/h3-4,7-8,11-12H,1-2,5-6H2;1-2H,(H,5,6)(H,7,8). The van der Waals surface area contributed by atoms with Gasteiger partial charge in [0.1, 0.15) is 12.7 Å². The Morgan fingerprint density at radius 1 is 1.41 bits per heavy atom. The number of rotatable bonds is 8. The Hall–Kier alpha value is -1.97. The number of aliphatic hydroxyl groups is 1. The summed E-state index contributed by atoms with van der Waals surface area (Å²) in [6.45, 7) is 0.920. The van der Waals surface area contributed by atoms with Crippen LogP contribution in [-0.4, -0.2) is 57.5 Å². The van der Waals surface area contributed by atoms with E-state index >= 15 is 0 Å². The zero-order chi connectivity index (χ0) is 16.4. The Morgan fingerprint density at radius 3 is 2.50 bits per heavy atom. The molecule has 0 saturated heterocycles. The molecule has 0 bridgehead atoms. The summed E-state index contributed by atoms with van der Waals surface area (Å²) in [4.78, 5) is 23.1. The van der Waals surface area contributed by atoms with Crippen LogP contribution in [-0.2, 0) is 9.59 Å². The van der Waals surface area contributed by atoms with Gasteiger partial charge < -0.3 is 25.4 Å². The van der Waals surface area contributed by atoms with Crippen molar-refractivity contribution >= 4 is 23.3 Å². The smallest absolute Gasteiger partial charge is 0.328 e. The Kier molecular flexibility index (Phi) is 8.11. The molecule has 0 spiro atoms. The monoisotopic (exact) mass is 330 g/mol. The van der Waals surface area contributed by atoms with Crippen LogP contribution in [0, 0.1) is 0 Å². The number of aliphatic hydroxyl groups excluding tert-OH is 1. The lowest BCUT2D eigenvalue weighted by atomic mass is 10.4. The zero-order valence-electron chi connectivity index (χ0n) is 11.7. The first-order valence-corrected chi connectivity index (χ1v) is 7.43. The summed E-state index contributed by atoms with van der Waals surface area (Å²) in [6, 6.07) is 0.629. The fraction of sp³-hybridized carbons (Fsp3) is 0.462. The van der Waals surface area contributed by atoms with Gasteiger partial charge in [0.25, 0.3) is 5.19 Å². The number of nitrogens with zero attached hydrogens (tertiary/aromatic N) is 1. The molecule has 1 atom stereocenters. The number of carboxylic acid groups (broad SMARTS) is 2. The number of carboxylic acids is 2. The van der Waals surface area contributed by atoms with Crippen molar-refractivity contribution in [3.63, 3.8) is 0 Å². The molecule has 9 heteroatoms. The van der Waals surface area contributed by atoms with E-state index in [-0.39, 0.29) is 0 Å². The largest absolute Gasteiger partial charge is 0.478 e. The zero-order valence-corrected chi connectivity index (χ0v) is 12.5. The summed E-state index contributed by atoms with van der Waals surface area (Å²) in [5.41, 5.74) is 0. The van der Waals surface area contributed by atoms with Crippen molar-refractivity contribution in [3.05, 3.63) is 23.7 Å². The molecule has 0 aliphatic heterocycles. The molecule has 1 saturated carbocycles. The maximum Gasteiger partial charge on any atom is 0.328 e. The second kappa shape index (κ2) is 9.87. The van der Waals surface area contributed by atoms with Gasteiger partial charge in [0.15, 0.2) is 0 Å². The minimum atomic E-state index is -1.26. The van der Waals surface area contributed by atoms with E-state index in [4.69, 9.17) is 14.9 Å². The number of nitrogens with one attached hydrogen (secondary N) is 1. The Morgan fingerprint density at radius 2 is 2.05 bits per heavy atom. The third kappa shape index (κ3) is 9.86. The number of aliphatic carboxylic acids is 2. The van der Waals surface area contributed by atoms with Crippen LogP contribution in [0.2, 0.25) is 0 Å². The molecular weight excluding hydrogens is 312 g/mol. The third-order valence-electron chi connectivity index (χ3n) is 2.40. The maximum absolute atomic E-state index is 9.55. The highest BCUT2D eigenvalue weighted by atomic mass is 32.1. The molecule has 1 aromatic heterocycles. The molecule has 122 valence electrons. The van der Waals surface area contributed by atoms with E-state index in [0.717, 1.165) is 0 Å². The third-order valence-corrected chi connectivity index (χ3v) is 3.08. The Bertz CT molecular complexity index is 471. The molecule has 0 amide bonds. The lowest BCUT2D eigenvalue weighted by Gasteiger charge is -2.10. The number of ether oxygens (including phenoxy) is 1. The lowest BCUT2D eigenvalue weighted by molar-refractivity contribution is -0.134. The van der Waals surface area contributed by atoms with Gasteiger partial charge in [0, 0.05) is 36.3 Å². The quantitative estimate of drug-likeness (QED) is 0.502. The fourth-order valence-electron chi connectivity index (χ4n) is 1.24. The highest BCUT2D eigenvalue weighted by molar-refractivity contribution is 7.11. The molecule has 1 fully saturated rings. The van der Waals surface area contributed by atoms with Crippen LogP contribution in [0.5, 0.6) is 5.19 Å². The van der Waals surface area contributed by atoms with Crippen LogP contribution in [0.15, 0.2) is 23.7 Å². The summed E-state index contributed by atoms with van der Waals surface area (Å²) < 4.78 is 5.28. The highest BCUT2D eigenvalue weighted by Gasteiger charge is 2.21. The first-order valence-electron chi connectivity index (χ1n) is 6.55. The molecule has 1 aromatic rings. The molecule has 1 heterocycles.